The average molecular weight is 453 g/mol. The third-order valence-corrected chi connectivity index (χ3v) is 5.51. The van der Waals surface area contributed by atoms with Crippen LogP contribution in [0.3, 0.4) is 0 Å². The van der Waals surface area contributed by atoms with E-state index in [0.717, 1.165) is 5.56 Å². The maximum Gasteiger partial charge on any atom is 0.199 e. The Labute approximate surface area is 174 Å². The van der Waals surface area contributed by atoms with E-state index >= 15 is 0 Å². The van der Waals surface area contributed by atoms with Crippen molar-refractivity contribution in [1.29, 1.82) is 0 Å². The van der Waals surface area contributed by atoms with Crippen LogP contribution in [0.2, 0.25) is 0 Å². The number of ether oxygens (including phenoxy) is 1. The molecule has 4 rings (SSSR count). The molecule has 29 heavy (non-hydrogen) atoms. The Balaban J connectivity index is 1.85. The maximum atomic E-state index is 13.3. The SMILES string of the molecule is Nc1cc(Br)c(N)c2c1C(=O)c1c(N)cc(OCc3ccccc3)c(N)c1C2=O. The van der Waals surface area contributed by atoms with Gasteiger partial charge >= 0.3 is 0 Å². The Kier molecular flexibility index (Phi) is 4.43. The van der Waals surface area contributed by atoms with E-state index in [0.29, 0.717) is 4.47 Å². The molecule has 0 radical (unpaired) electrons. The molecule has 3 aromatic carbocycles. The summed E-state index contributed by atoms with van der Waals surface area (Å²) in [5.41, 5.74) is 25.7. The Bertz CT molecular complexity index is 1190. The third-order valence-electron chi connectivity index (χ3n) is 4.85. The van der Waals surface area contributed by atoms with Crippen LogP contribution in [0.25, 0.3) is 0 Å². The van der Waals surface area contributed by atoms with E-state index in [4.69, 9.17) is 27.7 Å². The summed E-state index contributed by atoms with van der Waals surface area (Å²) in [7, 11) is 0. The van der Waals surface area contributed by atoms with Crippen molar-refractivity contribution in [2.75, 3.05) is 22.9 Å². The van der Waals surface area contributed by atoms with Gasteiger partial charge in [0.15, 0.2) is 11.6 Å². The molecule has 0 aliphatic heterocycles. The fourth-order valence-electron chi connectivity index (χ4n) is 3.44. The number of carbonyl (C=O) groups excluding carboxylic acids is 2. The summed E-state index contributed by atoms with van der Waals surface area (Å²) in [6, 6.07) is 12.4. The highest BCUT2D eigenvalue weighted by molar-refractivity contribution is 9.10. The number of hydrogen-bond acceptors (Lipinski definition) is 7. The number of anilines is 4. The van der Waals surface area contributed by atoms with Gasteiger partial charge in [0.05, 0.1) is 33.6 Å². The second-order valence-corrected chi connectivity index (χ2v) is 7.53. The van der Waals surface area contributed by atoms with Crippen LogP contribution in [0.4, 0.5) is 22.7 Å². The lowest BCUT2D eigenvalue weighted by atomic mass is 9.80. The summed E-state index contributed by atoms with van der Waals surface area (Å²) in [6.45, 7) is 0.225. The molecule has 0 saturated carbocycles. The fraction of sp³-hybridized carbons (Fsp3) is 0.0476. The monoisotopic (exact) mass is 452 g/mol. The summed E-state index contributed by atoms with van der Waals surface area (Å²) in [6.07, 6.45) is 0. The van der Waals surface area contributed by atoms with Gasteiger partial charge in [-0.1, -0.05) is 30.3 Å². The lowest BCUT2D eigenvalue weighted by Gasteiger charge is -2.24. The predicted molar refractivity (Wildman–Crippen MR) is 116 cm³/mol. The van der Waals surface area contributed by atoms with E-state index in [2.05, 4.69) is 15.9 Å². The van der Waals surface area contributed by atoms with Crippen molar-refractivity contribution in [2.24, 2.45) is 0 Å². The van der Waals surface area contributed by atoms with Crippen molar-refractivity contribution >= 4 is 50.2 Å². The molecule has 0 saturated heterocycles. The van der Waals surface area contributed by atoms with Gasteiger partial charge in [-0.25, -0.2) is 0 Å². The fourth-order valence-corrected chi connectivity index (χ4v) is 3.89. The molecule has 0 atom stereocenters. The summed E-state index contributed by atoms with van der Waals surface area (Å²) >= 11 is 3.26. The minimum Gasteiger partial charge on any atom is -0.487 e. The molecule has 0 spiro atoms. The van der Waals surface area contributed by atoms with E-state index in [1.807, 2.05) is 30.3 Å². The van der Waals surface area contributed by atoms with Crippen LogP contribution in [0, 0.1) is 0 Å². The van der Waals surface area contributed by atoms with E-state index < -0.39 is 11.6 Å². The Morgan fingerprint density at radius 1 is 0.759 bits per heavy atom. The number of hydrogen-bond donors (Lipinski definition) is 4. The van der Waals surface area contributed by atoms with Crippen molar-refractivity contribution < 1.29 is 14.3 Å². The largest absolute Gasteiger partial charge is 0.487 e. The third kappa shape index (κ3) is 2.89. The first-order chi connectivity index (χ1) is 13.8. The average Bonchev–Trinajstić information content (AvgIpc) is 2.69. The van der Waals surface area contributed by atoms with Crippen LogP contribution in [0.1, 0.15) is 37.4 Å². The van der Waals surface area contributed by atoms with Gasteiger partial charge in [-0.15, -0.1) is 0 Å². The van der Waals surface area contributed by atoms with E-state index in [9.17, 15) is 9.59 Å². The zero-order valence-electron chi connectivity index (χ0n) is 15.2. The van der Waals surface area contributed by atoms with Crippen LogP contribution in [-0.2, 0) is 6.61 Å². The lowest BCUT2D eigenvalue weighted by molar-refractivity contribution is 0.0981. The molecule has 0 unspecified atom stereocenters. The molecule has 146 valence electrons. The Hall–Kier alpha value is -3.52. The highest BCUT2D eigenvalue weighted by atomic mass is 79.9. The first-order valence-corrected chi connectivity index (χ1v) is 9.46. The van der Waals surface area contributed by atoms with Gasteiger partial charge in [0, 0.05) is 21.9 Å². The van der Waals surface area contributed by atoms with Gasteiger partial charge in [0.25, 0.3) is 0 Å². The lowest BCUT2D eigenvalue weighted by Crippen LogP contribution is -2.26. The van der Waals surface area contributed by atoms with Gasteiger partial charge in [0.1, 0.15) is 12.4 Å². The van der Waals surface area contributed by atoms with Crippen molar-refractivity contribution in [3.05, 3.63) is 74.8 Å². The molecular formula is C21H17BrN4O3. The number of fused-ring (bicyclic) bond motifs is 2. The van der Waals surface area contributed by atoms with Crippen LogP contribution < -0.4 is 27.7 Å². The first-order valence-electron chi connectivity index (χ1n) is 8.66. The van der Waals surface area contributed by atoms with Crippen LogP contribution in [0.5, 0.6) is 5.75 Å². The minimum atomic E-state index is -0.519. The summed E-state index contributed by atoms with van der Waals surface area (Å²) in [5.74, 6) is -0.796. The van der Waals surface area contributed by atoms with Crippen LogP contribution in [0.15, 0.2) is 46.9 Å². The number of nitrogen functional groups attached to an aromatic ring is 4. The predicted octanol–water partition coefficient (Wildman–Crippen LogP) is 3.13. The molecular weight excluding hydrogens is 436 g/mol. The molecule has 3 aromatic rings. The highest BCUT2D eigenvalue weighted by Crippen LogP contribution is 2.44. The van der Waals surface area contributed by atoms with E-state index in [-0.39, 0.29) is 57.4 Å². The van der Waals surface area contributed by atoms with Crippen molar-refractivity contribution in [3.63, 3.8) is 0 Å². The van der Waals surface area contributed by atoms with Gasteiger partial charge in [-0.2, -0.15) is 0 Å². The molecule has 1 aliphatic carbocycles. The van der Waals surface area contributed by atoms with Crippen molar-refractivity contribution in [1.82, 2.24) is 0 Å². The zero-order valence-corrected chi connectivity index (χ0v) is 16.7. The van der Waals surface area contributed by atoms with Crippen LogP contribution >= 0.6 is 15.9 Å². The zero-order chi connectivity index (χ0) is 20.9. The van der Waals surface area contributed by atoms with E-state index in [1.54, 1.807) is 0 Å². The molecule has 7 nitrogen and oxygen atoms in total. The number of carbonyl (C=O) groups is 2. The molecule has 8 heteroatoms. The number of halogens is 1. The van der Waals surface area contributed by atoms with Crippen LogP contribution in [-0.4, -0.2) is 11.6 Å². The van der Waals surface area contributed by atoms with Gasteiger partial charge < -0.3 is 27.7 Å². The number of benzene rings is 3. The second-order valence-electron chi connectivity index (χ2n) is 6.67. The second kappa shape index (κ2) is 6.82. The molecule has 0 heterocycles. The Morgan fingerprint density at radius 2 is 1.31 bits per heavy atom. The van der Waals surface area contributed by atoms with Gasteiger partial charge in [-0.05, 0) is 27.6 Å². The van der Waals surface area contributed by atoms with Crippen molar-refractivity contribution in [2.45, 2.75) is 6.61 Å². The summed E-state index contributed by atoms with van der Waals surface area (Å²) in [4.78, 5) is 26.4. The highest BCUT2D eigenvalue weighted by Gasteiger charge is 2.38. The quantitative estimate of drug-likeness (QED) is 0.349. The molecule has 0 fully saturated rings. The minimum absolute atomic E-state index is 0.0143. The normalized spacial score (nSPS) is 12.4. The molecule has 0 bridgehead atoms. The first kappa shape index (κ1) is 18.8. The summed E-state index contributed by atoms with van der Waals surface area (Å²) in [5, 5.41) is 0. The molecule has 0 aromatic heterocycles. The maximum absolute atomic E-state index is 13.3. The van der Waals surface area contributed by atoms with Crippen molar-refractivity contribution in [3.8, 4) is 5.75 Å². The standard InChI is InChI=1S/C21H17BrN4O3/c22-10-6-11(23)14-16(18(10)25)21(28)17-15(20(14)27)12(24)7-13(19(17)26)29-8-9-4-2-1-3-5-9/h1-7H,8,23-26H2. The number of nitrogens with two attached hydrogens (primary N) is 4. The van der Waals surface area contributed by atoms with Gasteiger partial charge in [-0.3, -0.25) is 9.59 Å². The molecule has 0 amide bonds. The topological polar surface area (TPSA) is 147 Å². The van der Waals surface area contributed by atoms with Gasteiger partial charge in [0.2, 0.25) is 0 Å². The van der Waals surface area contributed by atoms with E-state index in [1.165, 1.54) is 12.1 Å². The number of rotatable bonds is 3. The molecule has 1 aliphatic rings. The Morgan fingerprint density at radius 3 is 1.97 bits per heavy atom. The molecule has 8 N–H and O–H groups in total. The number of ketones is 2. The smallest absolute Gasteiger partial charge is 0.199 e. The summed E-state index contributed by atoms with van der Waals surface area (Å²) < 4.78 is 6.20.